The number of benzene rings is 2. The van der Waals surface area contributed by atoms with E-state index in [0.717, 1.165) is 32.3 Å². The molecular weight excluding hydrogens is 360 g/mol. The standard InChI is InChI=1S/C19H18N6OS/c1-11-5-3-8-14-16(11)24-19(27-14)25-18-15(20)17(21-10-22-18)23-12-6-4-7-13(9-12)26-2/h3-10H,20H2,1-2H3,(H2,21,22,23,24,25). The van der Waals surface area contributed by atoms with Gasteiger partial charge in [-0.05, 0) is 30.7 Å². The molecule has 0 atom stereocenters. The van der Waals surface area contributed by atoms with E-state index in [1.54, 1.807) is 18.4 Å². The zero-order valence-corrected chi connectivity index (χ0v) is 15.7. The van der Waals surface area contributed by atoms with E-state index in [1.807, 2.05) is 49.4 Å². The highest BCUT2D eigenvalue weighted by Gasteiger charge is 2.12. The summed E-state index contributed by atoms with van der Waals surface area (Å²) in [5, 5.41) is 7.13. The Labute approximate surface area is 160 Å². The number of fused-ring (bicyclic) bond motifs is 1. The second-order valence-corrected chi connectivity index (χ2v) is 6.94. The molecule has 0 aliphatic carbocycles. The molecule has 0 aliphatic heterocycles. The number of aromatic nitrogens is 3. The maximum Gasteiger partial charge on any atom is 0.189 e. The Bertz CT molecular complexity index is 1110. The number of methoxy groups -OCH3 is 1. The first-order valence-corrected chi connectivity index (χ1v) is 9.10. The number of rotatable bonds is 5. The average molecular weight is 378 g/mol. The quantitative estimate of drug-likeness (QED) is 0.471. The van der Waals surface area contributed by atoms with Gasteiger partial charge in [-0.2, -0.15) is 0 Å². The van der Waals surface area contributed by atoms with Gasteiger partial charge in [0.25, 0.3) is 0 Å². The smallest absolute Gasteiger partial charge is 0.189 e. The molecular formula is C19H18N6OS. The second kappa shape index (κ2) is 7.08. The van der Waals surface area contributed by atoms with Gasteiger partial charge in [-0.1, -0.05) is 29.5 Å². The Kier molecular flexibility index (Phi) is 4.47. The van der Waals surface area contributed by atoms with Crippen LogP contribution in [0.2, 0.25) is 0 Å². The van der Waals surface area contributed by atoms with Crippen LogP contribution in [-0.2, 0) is 0 Å². The van der Waals surface area contributed by atoms with Gasteiger partial charge in [0.1, 0.15) is 17.8 Å². The summed E-state index contributed by atoms with van der Waals surface area (Å²) in [6, 6.07) is 13.6. The number of aryl methyl sites for hydroxylation is 1. The maximum atomic E-state index is 6.27. The molecule has 27 heavy (non-hydrogen) atoms. The predicted octanol–water partition coefficient (Wildman–Crippen LogP) is 4.47. The zero-order valence-electron chi connectivity index (χ0n) is 14.9. The van der Waals surface area contributed by atoms with Crippen molar-refractivity contribution >= 4 is 49.7 Å². The van der Waals surface area contributed by atoms with Gasteiger partial charge in [0.05, 0.1) is 17.3 Å². The molecule has 4 N–H and O–H groups in total. The highest BCUT2D eigenvalue weighted by molar-refractivity contribution is 7.22. The summed E-state index contributed by atoms with van der Waals surface area (Å²) < 4.78 is 6.35. The molecule has 2 aromatic heterocycles. The van der Waals surface area contributed by atoms with E-state index in [1.165, 1.54) is 6.33 Å². The van der Waals surface area contributed by atoms with E-state index in [0.29, 0.717) is 17.3 Å². The summed E-state index contributed by atoms with van der Waals surface area (Å²) in [6.45, 7) is 2.04. The van der Waals surface area contributed by atoms with Crippen molar-refractivity contribution in [1.82, 2.24) is 15.0 Å². The van der Waals surface area contributed by atoms with Crippen molar-refractivity contribution in [3.05, 3.63) is 54.4 Å². The minimum Gasteiger partial charge on any atom is -0.497 e. The van der Waals surface area contributed by atoms with Crippen molar-refractivity contribution < 1.29 is 4.74 Å². The lowest BCUT2D eigenvalue weighted by Gasteiger charge is -2.12. The summed E-state index contributed by atoms with van der Waals surface area (Å²) in [6.07, 6.45) is 1.46. The zero-order chi connectivity index (χ0) is 18.8. The molecule has 0 saturated heterocycles. The number of anilines is 5. The number of thiazole rings is 1. The third kappa shape index (κ3) is 3.47. The van der Waals surface area contributed by atoms with Crippen molar-refractivity contribution in [1.29, 1.82) is 0 Å². The van der Waals surface area contributed by atoms with Gasteiger partial charge in [0, 0.05) is 11.8 Å². The summed E-state index contributed by atoms with van der Waals surface area (Å²) in [5.74, 6) is 1.76. The molecule has 2 heterocycles. The van der Waals surface area contributed by atoms with Crippen LogP contribution in [0.5, 0.6) is 5.75 Å². The molecule has 136 valence electrons. The lowest BCUT2D eigenvalue weighted by Crippen LogP contribution is -2.05. The van der Waals surface area contributed by atoms with E-state index in [2.05, 4.69) is 25.6 Å². The van der Waals surface area contributed by atoms with Gasteiger partial charge >= 0.3 is 0 Å². The van der Waals surface area contributed by atoms with Crippen LogP contribution in [0.4, 0.5) is 28.1 Å². The SMILES string of the molecule is COc1cccc(Nc2ncnc(Nc3nc4c(C)cccc4s3)c2N)c1. The largest absolute Gasteiger partial charge is 0.497 e. The Morgan fingerprint density at radius 2 is 1.81 bits per heavy atom. The monoisotopic (exact) mass is 378 g/mol. The highest BCUT2D eigenvalue weighted by Crippen LogP contribution is 2.33. The second-order valence-electron chi connectivity index (χ2n) is 5.91. The number of hydrogen-bond donors (Lipinski definition) is 3. The molecule has 0 aliphatic rings. The number of nitrogens with zero attached hydrogens (tertiary/aromatic N) is 3. The maximum absolute atomic E-state index is 6.27. The summed E-state index contributed by atoms with van der Waals surface area (Å²) >= 11 is 1.55. The van der Waals surface area contributed by atoms with E-state index in [-0.39, 0.29) is 0 Å². The molecule has 8 heteroatoms. The van der Waals surface area contributed by atoms with E-state index < -0.39 is 0 Å². The van der Waals surface area contributed by atoms with Gasteiger partial charge in [-0.15, -0.1) is 0 Å². The fourth-order valence-electron chi connectivity index (χ4n) is 2.67. The average Bonchev–Trinajstić information content (AvgIpc) is 3.09. The molecule has 2 aromatic carbocycles. The molecule has 4 rings (SSSR count). The molecule has 0 bridgehead atoms. The normalized spacial score (nSPS) is 10.7. The fourth-order valence-corrected chi connectivity index (χ4v) is 3.62. The van der Waals surface area contributed by atoms with Crippen LogP contribution < -0.4 is 21.1 Å². The Morgan fingerprint density at radius 3 is 2.59 bits per heavy atom. The first-order chi connectivity index (χ1) is 13.1. The molecule has 0 saturated carbocycles. The molecule has 4 aromatic rings. The predicted molar refractivity (Wildman–Crippen MR) is 110 cm³/mol. The first kappa shape index (κ1) is 17.0. The van der Waals surface area contributed by atoms with Crippen LogP contribution in [-0.4, -0.2) is 22.1 Å². The summed E-state index contributed by atoms with van der Waals surface area (Å²) in [5.41, 5.74) is 9.61. The lowest BCUT2D eigenvalue weighted by atomic mass is 10.2. The van der Waals surface area contributed by atoms with Gasteiger partial charge in [-0.25, -0.2) is 15.0 Å². The molecule has 0 spiro atoms. The Hall–Kier alpha value is -3.39. The van der Waals surface area contributed by atoms with Gasteiger partial charge in [0.2, 0.25) is 0 Å². The number of ether oxygens (including phenoxy) is 1. The third-order valence-corrected chi connectivity index (χ3v) is 5.00. The summed E-state index contributed by atoms with van der Waals surface area (Å²) in [4.78, 5) is 13.1. The van der Waals surface area contributed by atoms with Crippen LogP contribution >= 0.6 is 11.3 Å². The number of para-hydroxylation sites is 1. The third-order valence-electron chi connectivity index (χ3n) is 4.06. The van der Waals surface area contributed by atoms with Gasteiger partial charge in [-0.3, -0.25) is 0 Å². The van der Waals surface area contributed by atoms with Crippen LogP contribution in [0, 0.1) is 6.92 Å². The van der Waals surface area contributed by atoms with E-state index in [4.69, 9.17) is 10.5 Å². The van der Waals surface area contributed by atoms with Crippen molar-refractivity contribution in [2.75, 3.05) is 23.5 Å². The van der Waals surface area contributed by atoms with Crippen molar-refractivity contribution in [2.45, 2.75) is 6.92 Å². The van der Waals surface area contributed by atoms with E-state index >= 15 is 0 Å². The number of nitrogens with one attached hydrogen (secondary N) is 2. The molecule has 0 fully saturated rings. The summed E-state index contributed by atoms with van der Waals surface area (Å²) in [7, 11) is 1.62. The van der Waals surface area contributed by atoms with Gasteiger partial charge in [0.15, 0.2) is 16.8 Å². The fraction of sp³-hybridized carbons (Fsp3) is 0.105. The number of nitrogen functional groups attached to an aromatic ring is 1. The number of hydrogen-bond acceptors (Lipinski definition) is 8. The van der Waals surface area contributed by atoms with Gasteiger partial charge < -0.3 is 21.1 Å². The van der Waals surface area contributed by atoms with Crippen molar-refractivity contribution in [3.63, 3.8) is 0 Å². The van der Waals surface area contributed by atoms with Crippen LogP contribution in [0.15, 0.2) is 48.8 Å². The molecule has 0 radical (unpaired) electrons. The van der Waals surface area contributed by atoms with Crippen molar-refractivity contribution in [3.8, 4) is 5.75 Å². The highest BCUT2D eigenvalue weighted by atomic mass is 32.1. The van der Waals surface area contributed by atoms with Crippen molar-refractivity contribution in [2.24, 2.45) is 0 Å². The van der Waals surface area contributed by atoms with Crippen LogP contribution in [0.25, 0.3) is 10.2 Å². The first-order valence-electron chi connectivity index (χ1n) is 8.29. The van der Waals surface area contributed by atoms with Crippen LogP contribution in [0.3, 0.4) is 0 Å². The van der Waals surface area contributed by atoms with E-state index in [9.17, 15) is 0 Å². The minimum atomic E-state index is 0.413. The number of nitrogens with two attached hydrogens (primary N) is 1. The Morgan fingerprint density at radius 1 is 1.04 bits per heavy atom. The molecule has 0 amide bonds. The van der Waals surface area contributed by atoms with Crippen LogP contribution in [0.1, 0.15) is 5.56 Å². The molecule has 0 unspecified atom stereocenters. The Balaban J connectivity index is 1.62. The lowest BCUT2D eigenvalue weighted by molar-refractivity contribution is 0.415. The minimum absolute atomic E-state index is 0.413. The molecule has 7 nitrogen and oxygen atoms in total. The topological polar surface area (TPSA) is 98.0 Å².